The molecule has 0 bridgehead atoms. The highest BCUT2D eigenvalue weighted by Crippen LogP contribution is 2.26. The molecule has 0 radical (unpaired) electrons. The van der Waals surface area contributed by atoms with Crippen LogP contribution in [0.4, 0.5) is 10.5 Å². The average Bonchev–Trinajstić information content (AvgIpc) is 3.10. The maximum absolute atomic E-state index is 13.5. The number of piperidine rings is 1. The van der Waals surface area contributed by atoms with Crippen LogP contribution in [0.1, 0.15) is 62.5 Å². The zero-order valence-corrected chi connectivity index (χ0v) is 18.9. The summed E-state index contributed by atoms with van der Waals surface area (Å²) in [6, 6.07) is 20.7. The second-order valence-electron chi connectivity index (χ2n) is 9.16. The maximum Gasteiger partial charge on any atom is 0.322 e. The molecule has 168 valence electrons. The number of carbonyl (C=O) groups is 1. The highest BCUT2D eigenvalue weighted by atomic mass is 16.2. The average molecular weight is 431 g/mol. The monoisotopic (exact) mass is 430 g/mol. The van der Waals surface area contributed by atoms with Crippen LogP contribution in [0.3, 0.4) is 0 Å². The number of hydrogen-bond acceptors (Lipinski definition) is 3. The Labute approximate surface area is 192 Å². The van der Waals surface area contributed by atoms with Crippen molar-refractivity contribution >= 4 is 11.7 Å². The van der Waals surface area contributed by atoms with Gasteiger partial charge < -0.3 is 5.32 Å². The van der Waals surface area contributed by atoms with E-state index in [1.165, 1.54) is 31.2 Å². The number of rotatable bonds is 5. The third kappa shape index (κ3) is 5.89. The lowest BCUT2D eigenvalue weighted by Crippen LogP contribution is -2.52. The van der Waals surface area contributed by atoms with Gasteiger partial charge in [-0.3, -0.25) is 9.80 Å². The summed E-state index contributed by atoms with van der Waals surface area (Å²) in [7, 11) is 0. The number of nitrogens with one attached hydrogen (secondary N) is 1. The smallest absolute Gasteiger partial charge is 0.322 e. The van der Waals surface area contributed by atoms with E-state index in [0.717, 1.165) is 51.0 Å². The Morgan fingerprint density at radius 1 is 0.969 bits per heavy atom. The molecule has 1 heterocycles. The van der Waals surface area contributed by atoms with Gasteiger partial charge in [0.05, 0.1) is 11.6 Å². The molecule has 2 amide bonds. The van der Waals surface area contributed by atoms with E-state index >= 15 is 0 Å². The highest BCUT2D eigenvalue weighted by molar-refractivity contribution is 5.93. The third-order valence-corrected chi connectivity index (χ3v) is 6.83. The predicted molar refractivity (Wildman–Crippen MR) is 128 cm³/mol. The molecule has 5 heteroatoms. The number of carbonyl (C=O) groups excluding carboxylic acids is 1. The van der Waals surface area contributed by atoms with Crippen LogP contribution in [0, 0.1) is 11.3 Å². The molecular formula is C27H34N4O. The Hall–Kier alpha value is -2.84. The zero-order chi connectivity index (χ0) is 22.2. The Bertz CT molecular complexity index is 907. The molecule has 2 aromatic rings. The molecule has 2 fully saturated rings. The first-order chi connectivity index (χ1) is 15.7. The summed E-state index contributed by atoms with van der Waals surface area (Å²) in [4.78, 5) is 17.9. The van der Waals surface area contributed by atoms with Gasteiger partial charge >= 0.3 is 6.03 Å². The molecule has 1 saturated carbocycles. The fraction of sp³-hybridized carbons (Fsp3) is 0.481. The van der Waals surface area contributed by atoms with Crippen molar-refractivity contribution in [2.24, 2.45) is 0 Å². The summed E-state index contributed by atoms with van der Waals surface area (Å²) in [5.41, 5.74) is 2.75. The fourth-order valence-corrected chi connectivity index (χ4v) is 5.06. The van der Waals surface area contributed by atoms with Crippen molar-refractivity contribution in [3.8, 4) is 6.07 Å². The number of anilines is 1. The number of amides is 2. The van der Waals surface area contributed by atoms with Gasteiger partial charge in [-0.05, 0) is 49.4 Å². The molecule has 2 aliphatic rings. The van der Waals surface area contributed by atoms with Crippen LogP contribution < -0.4 is 10.2 Å². The number of hydrogen-bond donors (Lipinski definition) is 1. The van der Waals surface area contributed by atoms with Gasteiger partial charge in [0.2, 0.25) is 0 Å². The van der Waals surface area contributed by atoms with Crippen molar-refractivity contribution in [1.82, 2.24) is 10.2 Å². The number of likely N-dealkylation sites (tertiary alicyclic amines) is 1. The summed E-state index contributed by atoms with van der Waals surface area (Å²) >= 11 is 0. The van der Waals surface area contributed by atoms with Crippen LogP contribution in [-0.2, 0) is 6.54 Å². The van der Waals surface area contributed by atoms with Gasteiger partial charge in [0.1, 0.15) is 0 Å². The minimum atomic E-state index is -0.00602. The molecule has 1 aliphatic heterocycles. The second-order valence-corrected chi connectivity index (χ2v) is 9.16. The van der Waals surface area contributed by atoms with Crippen molar-refractivity contribution in [2.75, 3.05) is 18.0 Å². The Morgan fingerprint density at radius 2 is 1.69 bits per heavy atom. The van der Waals surface area contributed by atoms with E-state index in [1.807, 2.05) is 23.1 Å². The predicted octanol–water partition coefficient (Wildman–Crippen LogP) is 5.46. The van der Waals surface area contributed by atoms with Gasteiger partial charge in [0.15, 0.2) is 0 Å². The van der Waals surface area contributed by atoms with Gasteiger partial charge in [0.25, 0.3) is 0 Å². The number of nitriles is 1. The Kier molecular flexibility index (Phi) is 7.79. The first-order valence-corrected chi connectivity index (χ1v) is 12.1. The molecule has 0 atom stereocenters. The van der Waals surface area contributed by atoms with Gasteiger partial charge in [0, 0.05) is 37.4 Å². The minimum absolute atomic E-state index is 0.00602. The largest absolute Gasteiger partial charge is 0.335 e. The third-order valence-electron chi connectivity index (χ3n) is 6.83. The van der Waals surface area contributed by atoms with E-state index in [4.69, 9.17) is 0 Å². The maximum atomic E-state index is 13.5. The van der Waals surface area contributed by atoms with E-state index in [1.54, 1.807) is 6.07 Å². The van der Waals surface area contributed by atoms with Crippen LogP contribution in [-0.4, -0.2) is 36.1 Å². The first kappa shape index (κ1) is 22.4. The van der Waals surface area contributed by atoms with E-state index in [-0.39, 0.29) is 18.1 Å². The van der Waals surface area contributed by atoms with Gasteiger partial charge in [-0.1, -0.05) is 62.1 Å². The lowest BCUT2D eigenvalue weighted by atomic mass is 10.0. The van der Waals surface area contributed by atoms with Crippen molar-refractivity contribution in [3.63, 3.8) is 0 Å². The highest BCUT2D eigenvalue weighted by Gasteiger charge is 2.30. The normalized spacial score (nSPS) is 18.5. The van der Waals surface area contributed by atoms with E-state index in [2.05, 4.69) is 46.6 Å². The van der Waals surface area contributed by atoms with Crippen LogP contribution in [0.15, 0.2) is 54.6 Å². The lowest BCUT2D eigenvalue weighted by molar-refractivity contribution is 0.196. The summed E-state index contributed by atoms with van der Waals surface area (Å²) < 4.78 is 0. The van der Waals surface area contributed by atoms with E-state index < -0.39 is 0 Å². The summed E-state index contributed by atoms with van der Waals surface area (Å²) in [5, 5.41) is 12.7. The fourth-order valence-electron chi connectivity index (χ4n) is 5.06. The quantitative estimate of drug-likeness (QED) is 0.641. The molecule has 0 unspecified atom stereocenters. The van der Waals surface area contributed by atoms with Gasteiger partial charge in [-0.15, -0.1) is 0 Å². The molecule has 1 N–H and O–H groups in total. The van der Waals surface area contributed by atoms with Crippen LogP contribution in [0.2, 0.25) is 0 Å². The lowest BCUT2D eigenvalue weighted by Gasteiger charge is -2.39. The van der Waals surface area contributed by atoms with Crippen molar-refractivity contribution in [1.29, 1.82) is 5.26 Å². The standard InChI is InChI=1S/C27H34N4O/c28-20-23-11-8-14-26(19-23)31(27(32)29-24-12-6-1-2-7-13-24)25-15-17-30(18-16-25)21-22-9-4-3-5-10-22/h3-5,8-11,14,19,24-25H,1-2,6-7,12-13,15-18,21H2,(H,29,32). The topological polar surface area (TPSA) is 59.4 Å². The summed E-state index contributed by atoms with van der Waals surface area (Å²) in [6.07, 6.45) is 8.89. The summed E-state index contributed by atoms with van der Waals surface area (Å²) in [6.45, 7) is 2.88. The summed E-state index contributed by atoms with van der Waals surface area (Å²) in [5.74, 6) is 0. The Morgan fingerprint density at radius 3 is 2.38 bits per heavy atom. The molecule has 4 rings (SSSR count). The number of nitrogens with zero attached hydrogens (tertiary/aromatic N) is 3. The molecule has 2 aromatic carbocycles. The Balaban J connectivity index is 1.46. The zero-order valence-electron chi connectivity index (χ0n) is 18.9. The van der Waals surface area contributed by atoms with Crippen LogP contribution in [0.5, 0.6) is 0 Å². The molecule has 1 aliphatic carbocycles. The van der Waals surface area contributed by atoms with E-state index in [0.29, 0.717) is 5.56 Å². The molecule has 0 aromatic heterocycles. The first-order valence-electron chi connectivity index (χ1n) is 12.1. The van der Waals surface area contributed by atoms with E-state index in [9.17, 15) is 10.1 Å². The molecule has 1 saturated heterocycles. The minimum Gasteiger partial charge on any atom is -0.335 e. The molecule has 32 heavy (non-hydrogen) atoms. The van der Waals surface area contributed by atoms with Crippen LogP contribution >= 0.6 is 0 Å². The van der Waals surface area contributed by atoms with Gasteiger partial charge in [-0.25, -0.2) is 4.79 Å². The van der Waals surface area contributed by atoms with Crippen LogP contribution in [0.25, 0.3) is 0 Å². The molecular weight excluding hydrogens is 396 g/mol. The van der Waals surface area contributed by atoms with Gasteiger partial charge in [-0.2, -0.15) is 5.26 Å². The van der Waals surface area contributed by atoms with Crippen molar-refractivity contribution in [2.45, 2.75) is 70.0 Å². The second kappa shape index (κ2) is 11.2. The van der Waals surface area contributed by atoms with Crippen molar-refractivity contribution < 1.29 is 4.79 Å². The SMILES string of the molecule is N#Cc1cccc(N(C(=O)NC2CCCCCC2)C2CCN(Cc3ccccc3)CC2)c1. The molecule has 0 spiro atoms. The van der Waals surface area contributed by atoms with Crippen molar-refractivity contribution in [3.05, 3.63) is 65.7 Å². The molecule has 5 nitrogen and oxygen atoms in total. The number of urea groups is 1. The number of benzene rings is 2.